The largest absolute Gasteiger partial charge is 0.493 e. The highest BCUT2D eigenvalue weighted by molar-refractivity contribution is 7.89. The van der Waals surface area contributed by atoms with Gasteiger partial charge >= 0.3 is 0 Å². The van der Waals surface area contributed by atoms with E-state index in [2.05, 4.69) is 16.1 Å². The fraction of sp³-hybridized carbons (Fsp3) is 0.333. The molecule has 1 aliphatic rings. The lowest BCUT2D eigenvalue weighted by atomic mass is 10.1. The summed E-state index contributed by atoms with van der Waals surface area (Å²) < 4.78 is 32.4. The maximum absolute atomic E-state index is 12.2. The number of nitrogens with one attached hydrogen (secondary N) is 2. The van der Waals surface area contributed by atoms with Crippen molar-refractivity contribution in [3.05, 3.63) is 59.2 Å². The molecule has 3 rings (SSSR count). The van der Waals surface area contributed by atoms with Gasteiger partial charge in [0.25, 0.3) is 0 Å². The van der Waals surface area contributed by atoms with Gasteiger partial charge in [-0.25, -0.2) is 13.1 Å². The van der Waals surface area contributed by atoms with Crippen molar-refractivity contribution in [3.63, 3.8) is 0 Å². The van der Waals surface area contributed by atoms with Crippen LogP contribution < -0.4 is 14.8 Å². The molecule has 0 fully saturated rings. The Kier molecular flexibility index (Phi) is 5.18. The molecule has 2 N–H and O–H groups in total. The smallest absolute Gasteiger partial charge is 0.240 e. The van der Waals surface area contributed by atoms with Crippen molar-refractivity contribution in [2.75, 3.05) is 19.7 Å². The van der Waals surface area contributed by atoms with Crippen LogP contribution in [0, 0.1) is 6.92 Å². The molecule has 2 aromatic carbocycles. The van der Waals surface area contributed by atoms with E-state index in [9.17, 15) is 8.42 Å². The van der Waals surface area contributed by atoms with Gasteiger partial charge in [0, 0.05) is 26.1 Å². The normalized spacial score (nSPS) is 13.5. The van der Waals surface area contributed by atoms with Gasteiger partial charge in [0.05, 0.1) is 11.5 Å². The summed E-state index contributed by atoms with van der Waals surface area (Å²) in [7, 11) is -3.44. The van der Waals surface area contributed by atoms with Gasteiger partial charge in [0.15, 0.2) is 0 Å². The van der Waals surface area contributed by atoms with E-state index in [0.717, 1.165) is 24.3 Å². The Hall–Kier alpha value is -1.89. The third kappa shape index (κ3) is 4.14. The van der Waals surface area contributed by atoms with Gasteiger partial charge in [-0.1, -0.05) is 29.8 Å². The molecule has 0 aliphatic carbocycles. The third-order valence-electron chi connectivity index (χ3n) is 4.01. The third-order valence-corrected chi connectivity index (χ3v) is 5.49. The lowest BCUT2D eigenvalue weighted by Crippen LogP contribution is -2.31. The highest BCUT2D eigenvalue weighted by Crippen LogP contribution is 2.25. The van der Waals surface area contributed by atoms with Crippen molar-refractivity contribution in [2.45, 2.75) is 24.8 Å². The molecule has 0 radical (unpaired) electrons. The first-order valence-corrected chi connectivity index (χ1v) is 9.54. The average molecular weight is 346 g/mol. The van der Waals surface area contributed by atoms with E-state index >= 15 is 0 Å². The Morgan fingerprint density at radius 3 is 2.67 bits per heavy atom. The van der Waals surface area contributed by atoms with Crippen LogP contribution in [-0.2, 0) is 23.0 Å². The number of sulfonamides is 1. The molecule has 128 valence electrons. The van der Waals surface area contributed by atoms with E-state index in [1.54, 1.807) is 24.3 Å². The number of rotatable bonds is 7. The summed E-state index contributed by atoms with van der Waals surface area (Å²) in [6.45, 7) is 4.31. The minimum atomic E-state index is -3.44. The Morgan fingerprint density at radius 2 is 1.88 bits per heavy atom. The van der Waals surface area contributed by atoms with Gasteiger partial charge in [0.1, 0.15) is 5.75 Å². The van der Waals surface area contributed by atoms with E-state index in [0.29, 0.717) is 24.5 Å². The molecule has 0 atom stereocenters. The summed E-state index contributed by atoms with van der Waals surface area (Å²) in [5.74, 6) is 0.976. The Balaban J connectivity index is 1.44. The summed E-state index contributed by atoms with van der Waals surface area (Å²) in [6.07, 6.45) is 0.958. The first-order valence-electron chi connectivity index (χ1n) is 8.06. The highest BCUT2D eigenvalue weighted by atomic mass is 32.2. The predicted molar refractivity (Wildman–Crippen MR) is 93.7 cm³/mol. The number of ether oxygens (including phenoxy) is 1. The molecule has 2 aromatic rings. The minimum Gasteiger partial charge on any atom is -0.493 e. The molecular formula is C18H22N2O3S. The van der Waals surface area contributed by atoms with Gasteiger partial charge in [-0.3, -0.25) is 0 Å². The zero-order chi connectivity index (χ0) is 17.0. The standard InChI is InChI=1S/C18H22N2O3S/c1-14-2-5-17(6-3-14)24(21,22)20-10-9-19-13-15-4-7-18-16(12-15)8-11-23-18/h2-7,12,19-20H,8-11,13H2,1H3. The van der Waals surface area contributed by atoms with Crippen molar-refractivity contribution in [1.29, 1.82) is 0 Å². The van der Waals surface area contributed by atoms with Crippen molar-refractivity contribution in [3.8, 4) is 5.75 Å². The van der Waals surface area contributed by atoms with Gasteiger partial charge in [0.2, 0.25) is 10.0 Å². The first kappa shape index (κ1) is 17.0. The zero-order valence-electron chi connectivity index (χ0n) is 13.7. The molecule has 1 aliphatic heterocycles. The van der Waals surface area contributed by atoms with Crippen LogP contribution >= 0.6 is 0 Å². The first-order chi connectivity index (χ1) is 11.5. The molecule has 0 bridgehead atoms. The Morgan fingerprint density at radius 1 is 1.08 bits per heavy atom. The second kappa shape index (κ2) is 7.34. The molecule has 0 spiro atoms. The molecule has 24 heavy (non-hydrogen) atoms. The average Bonchev–Trinajstić information content (AvgIpc) is 3.02. The van der Waals surface area contributed by atoms with Crippen molar-refractivity contribution in [1.82, 2.24) is 10.0 Å². The lowest BCUT2D eigenvalue weighted by Gasteiger charge is -2.09. The lowest BCUT2D eigenvalue weighted by molar-refractivity contribution is 0.357. The number of hydrogen-bond donors (Lipinski definition) is 2. The minimum absolute atomic E-state index is 0.298. The number of aryl methyl sites for hydroxylation is 1. The summed E-state index contributed by atoms with van der Waals surface area (Å²) in [4.78, 5) is 0.298. The molecule has 5 nitrogen and oxygen atoms in total. The monoisotopic (exact) mass is 346 g/mol. The van der Waals surface area contributed by atoms with Crippen LogP contribution in [-0.4, -0.2) is 28.1 Å². The fourth-order valence-electron chi connectivity index (χ4n) is 2.66. The van der Waals surface area contributed by atoms with Crippen molar-refractivity contribution in [2.24, 2.45) is 0 Å². The van der Waals surface area contributed by atoms with Crippen molar-refractivity contribution < 1.29 is 13.2 Å². The Labute approximate surface area is 143 Å². The van der Waals surface area contributed by atoms with E-state index in [4.69, 9.17) is 4.74 Å². The van der Waals surface area contributed by atoms with Gasteiger partial charge < -0.3 is 10.1 Å². The van der Waals surface area contributed by atoms with Crippen LogP contribution in [0.25, 0.3) is 0 Å². The summed E-state index contributed by atoms with van der Waals surface area (Å²) in [5, 5.41) is 3.26. The number of fused-ring (bicyclic) bond motifs is 1. The molecule has 0 amide bonds. The topological polar surface area (TPSA) is 67.4 Å². The zero-order valence-corrected chi connectivity index (χ0v) is 14.5. The second-order valence-corrected chi connectivity index (χ2v) is 7.70. The Bertz CT molecular complexity index is 802. The SMILES string of the molecule is Cc1ccc(S(=O)(=O)NCCNCc2ccc3c(c2)CCO3)cc1. The maximum atomic E-state index is 12.2. The quantitative estimate of drug-likeness (QED) is 0.753. The summed E-state index contributed by atoms with van der Waals surface area (Å²) in [5.41, 5.74) is 3.46. The molecule has 1 heterocycles. The van der Waals surface area contributed by atoms with Crippen molar-refractivity contribution >= 4 is 10.0 Å². The summed E-state index contributed by atoms with van der Waals surface area (Å²) >= 11 is 0. The van der Waals surface area contributed by atoms with E-state index < -0.39 is 10.0 Å². The molecule has 0 saturated heterocycles. The van der Waals surface area contributed by atoms with Crippen LogP contribution in [0.4, 0.5) is 0 Å². The highest BCUT2D eigenvalue weighted by Gasteiger charge is 2.13. The van der Waals surface area contributed by atoms with Crippen LogP contribution in [0.3, 0.4) is 0 Å². The van der Waals surface area contributed by atoms with Crippen LogP contribution in [0.15, 0.2) is 47.4 Å². The van der Waals surface area contributed by atoms with Gasteiger partial charge in [-0.2, -0.15) is 0 Å². The van der Waals surface area contributed by atoms with E-state index in [1.807, 2.05) is 19.1 Å². The molecule has 0 aromatic heterocycles. The van der Waals surface area contributed by atoms with Crippen LogP contribution in [0.1, 0.15) is 16.7 Å². The molecule has 0 saturated carbocycles. The van der Waals surface area contributed by atoms with Crippen LogP contribution in [0.2, 0.25) is 0 Å². The van der Waals surface area contributed by atoms with Crippen LogP contribution in [0.5, 0.6) is 5.75 Å². The maximum Gasteiger partial charge on any atom is 0.240 e. The van der Waals surface area contributed by atoms with Gasteiger partial charge in [-0.15, -0.1) is 0 Å². The van der Waals surface area contributed by atoms with E-state index in [-0.39, 0.29) is 0 Å². The number of hydrogen-bond acceptors (Lipinski definition) is 4. The second-order valence-electron chi connectivity index (χ2n) is 5.93. The molecular weight excluding hydrogens is 324 g/mol. The number of benzene rings is 2. The molecule has 0 unspecified atom stereocenters. The summed E-state index contributed by atoms with van der Waals surface area (Å²) in [6, 6.07) is 13.0. The van der Waals surface area contributed by atoms with E-state index in [1.165, 1.54) is 11.1 Å². The van der Waals surface area contributed by atoms with Gasteiger partial charge in [-0.05, 0) is 36.2 Å². The predicted octanol–water partition coefficient (Wildman–Crippen LogP) is 2.00. The fourth-order valence-corrected chi connectivity index (χ4v) is 3.69. The molecule has 6 heteroatoms.